The van der Waals surface area contributed by atoms with Gasteiger partial charge in [0.05, 0.1) is 0 Å². The van der Waals surface area contributed by atoms with Gasteiger partial charge < -0.3 is 5.32 Å². The van der Waals surface area contributed by atoms with Crippen molar-refractivity contribution in [2.75, 3.05) is 11.9 Å². The molecule has 0 spiro atoms. The Morgan fingerprint density at radius 2 is 2.18 bits per heavy atom. The second-order valence-corrected chi connectivity index (χ2v) is 4.37. The van der Waals surface area contributed by atoms with E-state index in [4.69, 9.17) is 0 Å². The molecule has 0 amide bonds. The SMILES string of the molecule is CCCCC(CC)CNc1nc(=O)[nH]nc1C. The van der Waals surface area contributed by atoms with Gasteiger partial charge in [0, 0.05) is 6.54 Å². The van der Waals surface area contributed by atoms with Crippen molar-refractivity contribution in [2.45, 2.75) is 46.5 Å². The topological polar surface area (TPSA) is 70.7 Å². The van der Waals surface area contributed by atoms with Crippen LogP contribution in [0, 0.1) is 12.8 Å². The number of aryl methyl sites for hydroxylation is 1. The van der Waals surface area contributed by atoms with Crippen molar-refractivity contribution in [1.29, 1.82) is 0 Å². The van der Waals surface area contributed by atoms with Crippen LogP contribution in [0.2, 0.25) is 0 Å². The molecule has 0 aliphatic rings. The molecule has 0 aromatic carbocycles. The van der Waals surface area contributed by atoms with Gasteiger partial charge >= 0.3 is 5.69 Å². The molecule has 2 N–H and O–H groups in total. The van der Waals surface area contributed by atoms with Gasteiger partial charge in [0.1, 0.15) is 5.69 Å². The van der Waals surface area contributed by atoms with Crippen molar-refractivity contribution in [1.82, 2.24) is 15.2 Å². The first-order chi connectivity index (χ1) is 8.17. The van der Waals surface area contributed by atoms with Crippen LogP contribution in [0.3, 0.4) is 0 Å². The van der Waals surface area contributed by atoms with Gasteiger partial charge in [-0.3, -0.25) is 0 Å². The van der Waals surface area contributed by atoms with Crippen LogP contribution in [0.15, 0.2) is 4.79 Å². The smallest absolute Gasteiger partial charge is 0.363 e. The summed E-state index contributed by atoms with van der Waals surface area (Å²) < 4.78 is 0. The van der Waals surface area contributed by atoms with Crippen LogP contribution in [0.4, 0.5) is 5.82 Å². The largest absolute Gasteiger partial charge is 0.368 e. The highest BCUT2D eigenvalue weighted by Gasteiger charge is 2.08. The molecule has 0 bridgehead atoms. The average molecular weight is 238 g/mol. The normalized spacial score (nSPS) is 12.4. The molecule has 0 saturated heterocycles. The zero-order valence-corrected chi connectivity index (χ0v) is 10.9. The van der Waals surface area contributed by atoms with Crippen LogP contribution >= 0.6 is 0 Å². The maximum Gasteiger partial charge on any atom is 0.363 e. The average Bonchev–Trinajstić information content (AvgIpc) is 2.33. The van der Waals surface area contributed by atoms with E-state index in [2.05, 4.69) is 34.3 Å². The van der Waals surface area contributed by atoms with E-state index < -0.39 is 5.69 Å². The summed E-state index contributed by atoms with van der Waals surface area (Å²) in [6, 6.07) is 0. The minimum Gasteiger partial charge on any atom is -0.368 e. The van der Waals surface area contributed by atoms with Gasteiger partial charge in [-0.2, -0.15) is 10.1 Å². The molecule has 1 aromatic heterocycles. The zero-order valence-electron chi connectivity index (χ0n) is 10.9. The minimum absolute atomic E-state index is 0.403. The number of anilines is 1. The van der Waals surface area contributed by atoms with Crippen LogP contribution in [0.25, 0.3) is 0 Å². The van der Waals surface area contributed by atoms with Crippen molar-refractivity contribution < 1.29 is 0 Å². The molecule has 1 atom stereocenters. The fourth-order valence-electron chi connectivity index (χ4n) is 1.74. The van der Waals surface area contributed by atoms with Gasteiger partial charge in [-0.05, 0) is 19.3 Å². The van der Waals surface area contributed by atoms with Gasteiger partial charge in [-0.25, -0.2) is 9.89 Å². The number of aromatic nitrogens is 3. The third kappa shape index (κ3) is 4.54. The maximum atomic E-state index is 11.1. The van der Waals surface area contributed by atoms with Gasteiger partial charge in [0.2, 0.25) is 0 Å². The van der Waals surface area contributed by atoms with Crippen molar-refractivity contribution in [3.05, 3.63) is 16.2 Å². The summed E-state index contributed by atoms with van der Waals surface area (Å²) in [5.74, 6) is 1.24. The number of H-pyrrole nitrogens is 1. The number of hydrogen-bond acceptors (Lipinski definition) is 4. The summed E-state index contributed by atoms with van der Waals surface area (Å²) in [4.78, 5) is 14.9. The summed E-state index contributed by atoms with van der Waals surface area (Å²) in [7, 11) is 0. The third-order valence-corrected chi connectivity index (χ3v) is 2.98. The Bertz CT molecular complexity index is 388. The third-order valence-electron chi connectivity index (χ3n) is 2.98. The van der Waals surface area contributed by atoms with Crippen LogP contribution in [-0.4, -0.2) is 21.7 Å². The molecular formula is C12H22N4O. The summed E-state index contributed by atoms with van der Waals surface area (Å²) in [5.41, 5.74) is 0.328. The Kier molecular flexibility index (Phi) is 5.66. The van der Waals surface area contributed by atoms with E-state index in [1.54, 1.807) is 0 Å². The molecular weight excluding hydrogens is 216 g/mol. The van der Waals surface area contributed by atoms with Crippen LogP contribution in [0.1, 0.15) is 45.2 Å². The highest BCUT2D eigenvalue weighted by Crippen LogP contribution is 2.14. The Morgan fingerprint density at radius 1 is 1.41 bits per heavy atom. The van der Waals surface area contributed by atoms with E-state index in [0.717, 1.165) is 18.7 Å². The first-order valence-corrected chi connectivity index (χ1v) is 6.34. The molecule has 0 aliphatic heterocycles. The van der Waals surface area contributed by atoms with Gasteiger partial charge in [-0.1, -0.05) is 33.1 Å². The molecule has 0 radical (unpaired) electrons. The molecule has 1 unspecified atom stereocenters. The van der Waals surface area contributed by atoms with Crippen molar-refractivity contribution in [2.24, 2.45) is 5.92 Å². The molecule has 17 heavy (non-hydrogen) atoms. The second kappa shape index (κ2) is 7.04. The Balaban J connectivity index is 2.53. The molecule has 96 valence electrons. The fraction of sp³-hybridized carbons (Fsp3) is 0.750. The van der Waals surface area contributed by atoms with E-state index in [1.165, 1.54) is 19.3 Å². The first kappa shape index (κ1) is 13.7. The monoisotopic (exact) mass is 238 g/mol. The van der Waals surface area contributed by atoms with Crippen molar-refractivity contribution >= 4 is 5.82 Å². The lowest BCUT2D eigenvalue weighted by atomic mass is 9.99. The summed E-state index contributed by atoms with van der Waals surface area (Å²) >= 11 is 0. The maximum absolute atomic E-state index is 11.1. The Morgan fingerprint density at radius 3 is 2.82 bits per heavy atom. The number of aromatic amines is 1. The van der Waals surface area contributed by atoms with Crippen molar-refractivity contribution in [3.63, 3.8) is 0 Å². The summed E-state index contributed by atoms with van der Waals surface area (Å²) in [6.07, 6.45) is 4.83. The first-order valence-electron chi connectivity index (χ1n) is 6.34. The zero-order chi connectivity index (χ0) is 12.7. The second-order valence-electron chi connectivity index (χ2n) is 4.37. The lowest BCUT2D eigenvalue weighted by molar-refractivity contribution is 0.472. The molecule has 5 heteroatoms. The number of rotatable bonds is 7. The lowest BCUT2D eigenvalue weighted by Gasteiger charge is -2.15. The van der Waals surface area contributed by atoms with Gasteiger partial charge in [0.15, 0.2) is 5.82 Å². The lowest BCUT2D eigenvalue weighted by Crippen LogP contribution is -2.20. The van der Waals surface area contributed by atoms with Crippen LogP contribution in [-0.2, 0) is 0 Å². The standard InChI is InChI=1S/C12H22N4O/c1-4-6-7-10(5-2)8-13-11-9(3)15-16-12(17)14-11/h10H,4-8H2,1-3H3,(H2,13,14,16,17). The fourth-order valence-corrected chi connectivity index (χ4v) is 1.74. The quantitative estimate of drug-likeness (QED) is 0.763. The van der Waals surface area contributed by atoms with Gasteiger partial charge in [0.25, 0.3) is 0 Å². The van der Waals surface area contributed by atoms with E-state index in [9.17, 15) is 4.79 Å². The highest BCUT2D eigenvalue weighted by atomic mass is 16.1. The van der Waals surface area contributed by atoms with E-state index >= 15 is 0 Å². The number of hydrogen-bond donors (Lipinski definition) is 2. The van der Waals surface area contributed by atoms with E-state index in [1.807, 2.05) is 6.92 Å². The predicted molar refractivity (Wildman–Crippen MR) is 69.2 cm³/mol. The predicted octanol–water partition coefficient (Wildman–Crippen LogP) is 2.10. The molecule has 1 rings (SSSR count). The van der Waals surface area contributed by atoms with E-state index in [0.29, 0.717) is 11.7 Å². The minimum atomic E-state index is -0.403. The summed E-state index contributed by atoms with van der Waals surface area (Å²) in [6.45, 7) is 7.08. The Hall–Kier alpha value is -1.39. The number of nitrogens with zero attached hydrogens (tertiary/aromatic N) is 2. The number of nitrogens with one attached hydrogen (secondary N) is 2. The van der Waals surface area contributed by atoms with Crippen LogP contribution in [0.5, 0.6) is 0 Å². The molecule has 0 fully saturated rings. The summed E-state index contributed by atoms with van der Waals surface area (Å²) in [5, 5.41) is 9.42. The van der Waals surface area contributed by atoms with Crippen molar-refractivity contribution in [3.8, 4) is 0 Å². The molecule has 5 nitrogen and oxygen atoms in total. The van der Waals surface area contributed by atoms with Crippen LogP contribution < -0.4 is 11.0 Å². The molecule has 0 aliphatic carbocycles. The highest BCUT2D eigenvalue weighted by molar-refractivity contribution is 5.37. The molecule has 0 saturated carbocycles. The number of unbranched alkanes of at least 4 members (excludes halogenated alkanes) is 1. The molecule has 1 aromatic rings. The Labute approximate surface area is 102 Å². The molecule has 1 heterocycles. The van der Waals surface area contributed by atoms with E-state index in [-0.39, 0.29) is 0 Å². The van der Waals surface area contributed by atoms with Gasteiger partial charge in [-0.15, -0.1) is 0 Å².